The van der Waals surface area contributed by atoms with E-state index in [1.54, 1.807) is 30.4 Å². The lowest BCUT2D eigenvalue weighted by Crippen LogP contribution is -2.48. The summed E-state index contributed by atoms with van der Waals surface area (Å²) in [7, 11) is 0. The van der Waals surface area contributed by atoms with Crippen LogP contribution < -0.4 is 15.4 Å². The quantitative estimate of drug-likeness (QED) is 0.235. The molecule has 36 heavy (non-hydrogen) atoms. The number of amides is 2. The number of benzene rings is 1. The predicted octanol–water partition coefficient (Wildman–Crippen LogP) is 4.98. The van der Waals surface area contributed by atoms with Gasteiger partial charge in [-0.25, -0.2) is 14.0 Å². The molecule has 1 unspecified atom stereocenters. The zero-order chi connectivity index (χ0) is 26.1. The van der Waals surface area contributed by atoms with Gasteiger partial charge in [0.05, 0.1) is 23.2 Å². The van der Waals surface area contributed by atoms with Crippen molar-refractivity contribution in [2.75, 3.05) is 11.3 Å². The maximum absolute atomic E-state index is 13.3. The maximum atomic E-state index is 13.3. The van der Waals surface area contributed by atoms with E-state index in [1.807, 2.05) is 48.9 Å². The van der Waals surface area contributed by atoms with Crippen molar-refractivity contribution in [2.45, 2.75) is 45.7 Å². The van der Waals surface area contributed by atoms with E-state index < -0.39 is 29.4 Å². The summed E-state index contributed by atoms with van der Waals surface area (Å²) in [5, 5.41) is 10.4. The second-order valence-corrected chi connectivity index (χ2v) is 10.9. The van der Waals surface area contributed by atoms with E-state index in [1.165, 1.54) is 11.3 Å². The first-order valence-corrected chi connectivity index (χ1v) is 14.3. The number of ether oxygens (including phenoxy) is 1. The molecule has 194 valence electrons. The Morgan fingerprint density at radius 3 is 2.50 bits per heavy atom. The van der Waals surface area contributed by atoms with E-state index in [0.29, 0.717) is 18.5 Å². The van der Waals surface area contributed by atoms with Crippen molar-refractivity contribution in [3.05, 3.63) is 57.7 Å². The summed E-state index contributed by atoms with van der Waals surface area (Å²) in [6.07, 6.45) is 0.266. The van der Waals surface area contributed by atoms with Crippen LogP contribution in [0.2, 0.25) is 0 Å². The highest BCUT2D eigenvalue weighted by atomic mass is 32.2. The first kappa shape index (κ1) is 27.8. The molecule has 3 atom stereocenters. The van der Waals surface area contributed by atoms with E-state index in [0.717, 1.165) is 21.1 Å². The third kappa shape index (κ3) is 8.40. The highest BCUT2D eigenvalue weighted by Gasteiger charge is 2.27. The van der Waals surface area contributed by atoms with E-state index in [2.05, 4.69) is 15.4 Å². The molecular weight excluding hydrogens is 520 g/mol. The second-order valence-electron chi connectivity index (χ2n) is 8.41. The Morgan fingerprint density at radius 1 is 1.14 bits per heavy atom. The Kier molecular flexibility index (Phi) is 10.4. The summed E-state index contributed by atoms with van der Waals surface area (Å²) in [6, 6.07) is 9.81. The molecule has 2 amide bonds. The molecule has 3 aromatic rings. The lowest BCUT2D eigenvalue weighted by Gasteiger charge is -2.23. The minimum absolute atomic E-state index is 0.170. The van der Waals surface area contributed by atoms with Gasteiger partial charge < -0.3 is 15.4 Å². The number of rotatable bonds is 12. The molecule has 12 heteroatoms. The van der Waals surface area contributed by atoms with Crippen LogP contribution in [0.25, 0.3) is 10.6 Å². The normalized spacial score (nSPS) is 13.6. The van der Waals surface area contributed by atoms with Gasteiger partial charge in [0.15, 0.2) is 0 Å². The lowest BCUT2D eigenvalue weighted by molar-refractivity contribution is -0.124. The molecular formula is C24H30N4O5S3. The van der Waals surface area contributed by atoms with Crippen molar-refractivity contribution in [1.29, 1.82) is 0 Å². The first-order chi connectivity index (χ1) is 17.2. The van der Waals surface area contributed by atoms with Gasteiger partial charge in [0.1, 0.15) is 11.0 Å². The Balaban J connectivity index is 1.84. The average Bonchev–Trinajstić information content (AvgIpc) is 3.51. The number of carbonyl (C=O) groups is 2. The molecule has 0 saturated heterocycles. The lowest BCUT2D eigenvalue weighted by atomic mass is 10.0. The smallest absolute Gasteiger partial charge is 0.407 e. The molecule has 0 radical (unpaired) electrons. The van der Waals surface area contributed by atoms with Crippen molar-refractivity contribution < 1.29 is 23.1 Å². The number of carbonyl (C=O) groups excluding carboxylic acids is 2. The van der Waals surface area contributed by atoms with Gasteiger partial charge in [0.2, 0.25) is 5.91 Å². The summed E-state index contributed by atoms with van der Waals surface area (Å²) in [5.74, 6) is -0.146. The zero-order valence-electron chi connectivity index (χ0n) is 20.2. The van der Waals surface area contributed by atoms with Crippen LogP contribution in [0.15, 0.2) is 47.2 Å². The third-order valence-corrected chi connectivity index (χ3v) is 7.36. The number of nitrogens with zero attached hydrogens (tertiary/aromatic N) is 1. The Hall–Kier alpha value is -2.80. The molecule has 0 spiro atoms. The van der Waals surface area contributed by atoms with Crippen LogP contribution in [0.5, 0.6) is 0 Å². The van der Waals surface area contributed by atoms with Crippen molar-refractivity contribution in [3.8, 4) is 10.6 Å². The second kappa shape index (κ2) is 13.5. The van der Waals surface area contributed by atoms with Gasteiger partial charge in [-0.15, -0.1) is 22.7 Å². The standard InChI is InChI=1S/C24H30N4O5S3/c1-4-33-24(30)27-18(12-15(2)3)22(29)25-19(13-16-7-9-17(10-8-16)28-36(31)32)23-26-20(14-35-23)21-6-5-11-34-21/h5-11,14-15,18-19,28H,4,12-13H2,1-3H3,(H,25,29)(H,27,30)(H,31,32)/t18-,19-/m0/s1. The summed E-state index contributed by atoms with van der Waals surface area (Å²) < 4.78 is 27.4. The predicted molar refractivity (Wildman–Crippen MR) is 144 cm³/mol. The Bertz CT molecular complexity index is 1150. The van der Waals surface area contributed by atoms with Gasteiger partial charge in [-0.2, -0.15) is 0 Å². The van der Waals surface area contributed by atoms with Gasteiger partial charge in [-0.05, 0) is 54.8 Å². The van der Waals surface area contributed by atoms with E-state index in [9.17, 15) is 13.8 Å². The zero-order valence-corrected chi connectivity index (χ0v) is 22.7. The number of anilines is 1. The van der Waals surface area contributed by atoms with E-state index >= 15 is 0 Å². The fourth-order valence-electron chi connectivity index (χ4n) is 3.52. The molecule has 0 aliphatic rings. The van der Waals surface area contributed by atoms with Crippen LogP contribution in [0.3, 0.4) is 0 Å². The molecule has 0 fully saturated rings. The van der Waals surface area contributed by atoms with E-state index in [-0.39, 0.29) is 18.4 Å². The highest BCUT2D eigenvalue weighted by Crippen LogP contribution is 2.30. The van der Waals surface area contributed by atoms with Crippen LogP contribution in [0, 0.1) is 5.92 Å². The molecule has 3 rings (SSSR count). The van der Waals surface area contributed by atoms with Crippen LogP contribution >= 0.6 is 22.7 Å². The van der Waals surface area contributed by atoms with Gasteiger partial charge in [0.25, 0.3) is 11.3 Å². The molecule has 2 heterocycles. The molecule has 0 aliphatic carbocycles. The SMILES string of the molecule is CCOC(=O)N[C@@H](CC(C)C)C(=O)N[C@@H](Cc1ccc(NS(=O)O)cc1)c1nc(-c2cccs2)cs1. The topological polar surface area (TPSA) is 130 Å². The summed E-state index contributed by atoms with van der Waals surface area (Å²) in [4.78, 5) is 31.2. The van der Waals surface area contributed by atoms with Gasteiger partial charge >= 0.3 is 6.09 Å². The van der Waals surface area contributed by atoms with Crippen molar-refractivity contribution in [1.82, 2.24) is 15.6 Å². The summed E-state index contributed by atoms with van der Waals surface area (Å²) in [5.41, 5.74) is 2.25. The van der Waals surface area contributed by atoms with Crippen LogP contribution in [-0.4, -0.2) is 38.4 Å². The number of thiazole rings is 1. The Morgan fingerprint density at radius 2 is 1.89 bits per heavy atom. The minimum atomic E-state index is -2.16. The Labute approximate surface area is 221 Å². The van der Waals surface area contributed by atoms with Gasteiger partial charge in [-0.3, -0.25) is 14.1 Å². The summed E-state index contributed by atoms with van der Waals surface area (Å²) in [6.45, 7) is 5.88. The van der Waals surface area contributed by atoms with Crippen molar-refractivity contribution in [3.63, 3.8) is 0 Å². The average molecular weight is 551 g/mol. The summed E-state index contributed by atoms with van der Waals surface area (Å²) >= 11 is 0.891. The largest absolute Gasteiger partial charge is 0.450 e. The maximum Gasteiger partial charge on any atom is 0.407 e. The number of nitrogens with one attached hydrogen (secondary N) is 3. The highest BCUT2D eigenvalue weighted by molar-refractivity contribution is 7.80. The molecule has 2 aromatic heterocycles. The molecule has 0 bridgehead atoms. The third-order valence-electron chi connectivity index (χ3n) is 5.10. The number of aromatic nitrogens is 1. The fourth-order valence-corrected chi connectivity index (χ4v) is 5.49. The van der Waals surface area contributed by atoms with Gasteiger partial charge in [0, 0.05) is 11.1 Å². The molecule has 0 saturated carbocycles. The number of hydrogen-bond donors (Lipinski definition) is 4. The molecule has 1 aromatic carbocycles. The number of hydrogen-bond acceptors (Lipinski definition) is 7. The molecule has 4 N–H and O–H groups in total. The molecule has 0 aliphatic heterocycles. The van der Waals surface area contributed by atoms with Crippen molar-refractivity contribution >= 4 is 51.6 Å². The monoisotopic (exact) mass is 550 g/mol. The van der Waals surface area contributed by atoms with Crippen LogP contribution in [0.1, 0.15) is 43.8 Å². The van der Waals surface area contributed by atoms with E-state index in [4.69, 9.17) is 14.3 Å². The van der Waals surface area contributed by atoms with Crippen LogP contribution in [0.4, 0.5) is 10.5 Å². The van der Waals surface area contributed by atoms with Crippen molar-refractivity contribution in [2.24, 2.45) is 5.92 Å². The minimum Gasteiger partial charge on any atom is -0.450 e. The fraction of sp³-hybridized carbons (Fsp3) is 0.375. The van der Waals surface area contributed by atoms with Gasteiger partial charge in [-0.1, -0.05) is 32.0 Å². The number of thiophene rings is 1. The number of alkyl carbamates (subject to hydrolysis) is 1. The van der Waals surface area contributed by atoms with Crippen LogP contribution in [-0.2, 0) is 27.2 Å². The molecule has 9 nitrogen and oxygen atoms in total. The first-order valence-electron chi connectivity index (χ1n) is 11.4.